The standard InChI is InChI=1S/C14H22N2/c1-11-3-2-4-12(9-11)7-8-14(16-15)10-13-5-6-13/h2-4,9,13-14,16H,5-8,10,15H2,1H3. The average Bonchev–Trinajstić information content (AvgIpc) is 3.08. The molecule has 0 heterocycles. The minimum atomic E-state index is 0.494. The number of nitrogens with two attached hydrogens (primary N) is 1. The van der Waals surface area contributed by atoms with E-state index < -0.39 is 0 Å². The summed E-state index contributed by atoms with van der Waals surface area (Å²) in [4.78, 5) is 0. The van der Waals surface area contributed by atoms with Gasteiger partial charge in [-0.15, -0.1) is 0 Å². The topological polar surface area (TPSA) is 38.0 Å². The Bertz CT molecular complexity index is 331. The van der Waals surface area contributed by atoms with Crippen LogP contribution in [0.15, 0.2) is 24.3 Å². The number of benzene rings is 1. The van der Waals surface area contributed by atoms with Crippen molar-refractivity contribution in [3.63, 3.8) is 0 Å². The first kappa shape index (κ1) is 11.6. The van der Waals surface area contributed by atoms with Crippen molar-refractivity contribution in [1.29, 1.82) is 0 Å². The van der Waals surface area contributed by atoms with Crippen molar-refractivity contribution >= 4 is 0 Å². The molecule has 88 valence electrons. The number of rotatable bonds is 6. The maximum Gasteiger partial charge on any atom is 0.0216 e. The third-order valence-corrected chi connectivity index (χ3v) is 3.41. The zero-order valence-electron chi connectivity index (χ0n) is 10.1. The average molecular weight is 218 g/mol. The summed E-state index contributed by atoms with van der Waals surface area (Å²) in [7, 11) is 0. The molecule has 0 bridgehead atoms. The van der Waals surface area contributed by atoms with Gasteiger partial charge in [-0.2, -0.15) is 0 Å². The summed E-state index contributed by atoms with van der Waals surface area (Å²) in [5.74, 6) is 6.54. The Kier molecular flexibility index (Phi) is 3.97. The Morgan fingerprint density at radius 2 is 2.25 bits per heavy atom. The van der Waals surface area contributed by atoms with E-state index in [4.69, 9.17) is 5.84 Å². The van der Waals surface area contributed by atoms with Crippen LogP contribution in [-0.4, -0.2) is 6.04 Å². The van der Waals surface area contributed by atoms with Gasteiger partial charge in [0.1, 0.15) is 0 Å². The van der Waals surface area contributed by atoms with Crippen molar-refractivity contribution in [3.05, 3.63) is 35.4 Å². The fourth-order valence-corrected chi connectivity index (χ4v) is 2.23. The van der Waals surface area contributed by atoms with Crippen LogP contribution in [-0.2, 0) is 6.42 Å². The molecule has 2 heteroatoms. The third kappa shape index (κ3) is 3.62. The molecule has 1 atom stereocenters. The smallest absolute Gasteiger partial charge is 0.0216 e. The fraction of sp³-hybridized carbons (Fsp3) is 0.571. The van der Waals surface area contributed by atoms with E-state index >= 15 is 0 Å². The van der Waals surface area contributed by atoms with Crippen LogP contribution in [0, 0.1) is 12.8 Å². The molecule has 1 fully saturated rings. The monoisotopic (exact) mass is 218 g/mol. The summed E-state index contributed by atoms with van der Waals surface area (Å²) in [6, 6.07) is 9.25. The van der Waals surface area contributed by atoms with Crippen LogP contribution in [0.5, 0.6) is 0 Å². The van der Waals surface area contributed by atoms with Gasteiger partial charge in [-0.25, -0.2) is 0 Å². The van der Waals surface area contributed by atoms with E-state index in [1.165, 1.54) is 30.4 Å². The molecule has 2 nitrogen and oxygen atoms in total. The second-order valence-corrected chi connectivity index (χ2v) is 5.07. The van der Waals surface area contributed by atoms with E-state index in [9.17, 15) is 0 Å². The van der Waals surface area contributed by atoms with Crippen LogP contribution in [0.1, 0.15) is 36.8 Å². The lowest BCUT2D eigenvalue weighted by molar-refractivity contribution is 0.442. The number of hydrogen-bond donors (Lipinski definition) is 2. The molecule has 0 aliphatic heterocycles. The Hall–Kier alpha value is -0.860. The van der Waals surface area contributed by atoms with Gasteiger partial charge in [0.25, 0.3) is 0 Å². The summed E-state index contributed by atoms with van der Waals surface area (Å²) in [5, 5.41) is 0. The van der Waals surface area contributed by atoms with E-state index in [0.29, 0.717) is 6.04 Å². The Morgan fingerprint density at radius 1 is 1.44 bits per heavy atom. The van der Waals surface area contributed by atoms with Gasteiger partial charge < -0.3 is 0 Å². The minimum Gasteiger partial charge on any atom is -0.271 e. The third-order valence-electron chi connectivity index (χ3n) is 3.41. The highest BCUT2D eigenvalue weighted by atomic mass is 15.2. The molecular formula is C14H22N2. The lowest BCUT2D eigenvalue weighted by atomic mass is 10.0. The molecule has 0 radical (unpaired) electrons. The molecule has 0 saturated heterocycles. The van der Waals surface area contributed by atoms with Crippen molar-refractivity contribution in [2.24, 2.45) is 11.8 Å². The van der Waals surface area contributed by atoms with E-state index in [1.807, 2.05) is 0 Å². The fourth-order valence-electron chi connectivity index (χ4n) is 2.23. The Labute approximate surface area is 98.2 Å². The first-order chi connectivity index (χ1) is 7.78. The second-order valence-electron chi connectivity index (χ2n) is 5.07. The normalized spacial score (nSPS) is 17.4. The molecule has 1 aromatic carbocycles. The largest absolute Gasteiger partial charge is 0.271 e. The number of aryl methyl sites for hydroxylation is 2. The minimum absolute atomic E-state index is 0.494. The molecule has 1 unspecified atom stereocenters. The maximum absolute atomic E-state index is 5.59. The van der Waals surface area contributed by atoms with Gasteiger partial charge in [0, 0.05) is 6.04 Å². The van der Waals surface area contributed by atoms with Crippen molar-refractivity contribution in [2.45, 2.75) is 45.1 Å². The molecule has 0 amide bonds. The summed E-state index contributed by atoms with van der Waals surface area (Å²) in [6.07, 6.45) is 6.34. The molecule has 2 rings (SSSR count). The molecule has 1 aliphatic carbocycles. The lowest BCUT2D eigenvalue weighted by Crippen LogP contribution is -2.35. The van der Waals surface area contributed by atoms with Crippen LogP contribution in [0.3, 0.4) is 0 Å². The molecule has 1 aliphatic rings. The van der Waals surface area contributed by atoms with Crippen molar-refractivity contribution < 1.29 is 0 Å². The highest BCUT2D eigenvalue weighted by Gasteiger charge is 2.24. The molecule has 0 aromatic heterocycles. The van der Waals surface area contributed by atoms with Crippen LogP contribution < -0.4 is 11.3 Å². The summed E-state index contributed by atoms with van der Waals surface area (Å²) in [5.41, 5.74) is 5.73. The van der Waals surface area contributed by atoms with Crippen LogP contribution >= 0.6 is 0 Å². The summed E-state index contributed by atoms with van der Waals surface area (Å²) >= 11 is 0. The quantitative estimate of drug-likeness (QED) is 0.569. The molecule has 0 spiro atoms. The highest BCUT2D eigenvalue weighted by Crippen LogP contribution is 2.34. The van der Waals surface area contributed by atoms with E-state index in [0.717, 1.165) is 18.8 Å². The van der Waals surface area contributed by atoms with Crippen LogP contribution in [0.25, 0.3) is 0 Å². The zero-order chi connectivity index (χ0) is 11.4. The first-order valence-corrected chi connectivity index (χ1v) is 6.29. The van der Waals surface area contributed by atoms with Gasteiger partial charge in [-0.05, 0) is 37.7 Å². The van der Waals surface area contributed by atoms with Gasteiger partial charge >= 0.3 is 0 Å². The molecule has 3 N–H and O–H groups in total. The first-order valence-electron chi connectivity index (χ1n) is 6.29. The highest BCUT2D eigenvalue weighted by molar-refractivity contribution is 5.22. The van der Waals surface area contributed by atoms with Crippen LogP contribution in [0.4, 0.5) is 0 Å². The number of hydrazine groups is 1. The molecular weight excluding hydrogens is 196 g/mol. The van der Waals surface area contributed by atoms with Crippen LogP contribution in [0.2, 0.25) is 0 Å². The van der Waals surface area contributed by atoms with Crippen molar-refractivity contribution in [3.8, 4) is 0 Å². The zero-order valence-corrected chi connectivity index (χ0v) is 10.1. The summed E-state index contributed by atoms with van der Waals surface area (Å²) in [6.45, 7) is 2.15. The van der Waals surface area contributed by atoms with E-state index in [-0.39, 0.29) is 0 Å². The van der Waals surface area contributed by atoms with Crippen molar-refractivity contribution in [2.75, 3.05) is 0 Å². The predicted molar refractivity (Wildman–Crippen MR) is 68.0 cm³/mol. The summed E-state index contributed by atoms with van der Waals surface area (Å²) < 4.78 is 0. The predicted octanol–water partition coefficient (Wildman–Crippen LogP) is 2.56. The van der Waals surface area contributed by atoms with Gasteiger partial charge in [0.2, 0.25) is 0 Å². The van der Waals surface area contributed by atoms with Gasteiger partial charge in [-0.3, -0.25) is 11.3 Å². The maximum atomic E-state index is 5.59. The lowest BCUT2D eigenvalue weighted by Gasteiger charge is -2.15. The Balaban J connectivity index is 1.80. The van der Waals surface area contributed by atoms with Gasteiger partial charge in [-0.1, -0.05) is 42.7 Å². The molecule has 1 saturated carbocycles. The van der Waals surface area contributed by atoms with Crippen molar-refractivity contribution in [1.82, 2.24) is 5.43 Å². The number of hydrogen-bond acceptors (Lipinski definition) is 2. The van der Waals surface area contributed by atoms with E-state index in [2.05, 4.69) is 36.6 Å². The molecule has 16 heavy (non-hydrogen) atoms. The Morgan fingerprint density at radius 3 is 2.88 bits per heavy atom. The SMILES string of the molecule is Cc1cccc(CCC(CC2CC2)NN)c1. The van der Waals surface area contributed by atoms with Gasteiger partial charge in [0.15, 0.2) is 0 Å². The molecule has 1 aromatic rings. The van der Waals surface area contributed by atoms with Gasteiger partial charge in [0.05, 0.1) is 0 Å². The number of nitrogens with one attached hydrogen (secondary N) is 1. The van der Waals surface area contributed by atoms with E-state index in [1.54, 1.807) is 0 Å². The second kappa shape index (κ2) is 5.46.